The van der Waals surface area contributed by atoms with Crippen LogP contribution in [0.1, 0.15) is 59.2 Å². The van der Waals surface area contributed by atoms with Gasteiger partial charge in [-0.25, -0.2) is 0 Å². The van der Waals surface area contributed by atoms with Gasteiger partial charge in [0.25, 0.3) is 11.8 Å². The van der Waals surface area contributed by atoms with E-state index in [9.17, 15) is 19.2 Å². The van der Waals surface area contributed by atoms with Gasteiger partial charge in [-0.3, -0.25) is 29.4 Å². The highest BCUT2D eigenvalue weighted by Crippen LogP contribution is 2.35. The summed E-state index contributed by atoms with van der Waals surface area (Å²) >= 11 is 0. The van der Waals surface area contributed by atoms with Crippen molar-refractivity contribution in [2.75, 3.05) is 24.5 Å². The van der Waals surface area contributed by atoms with Gasteiger partial charge >= 0.3 is 0 Å². The zero-order valence-electron chi connectivity index (χ0n) is 16.2. The van der Waals surface area contributed by atoms with E-state index in [4.69, 9.17) is 0 Å². The number of benzene rings is 1. The summed E-state index contributed by atoms with van der Waals surface area (Å²) in [7, 11) is 0. The van der Waals surface area contributed by atoms with E-state index in [0.717, 1.165) is 43.1 Å². The molecule has 3 fully saturated rings. The summed E-state index contributed by atoms with van der Waals surface area (Å²) in [5, 5.41) is 5.90. The molecule has 8 heteroatoms. The zero-order valence-corrected chi connectivity index (χ0v) is 16.2. The molecular formula is C21H24N4O4. The summed E-state index contributed by atoms with van der Waals surface area (Å²) in [6.45, 7) is 2.85. The standard InChI is InChI=1S/C21H24N4O4/c26-17-6-5-16(18(27)23-17)25-19(28)14-4-3-13(11-15(14)20(25)29)24-10-8-21(12-24)7-1-2-9-22-21/h3-4,11,16,22H,1-2,5-10,12H2,(H,23,26,27). The SMILES string of the molecule is O=C1CCC(N2C(=O)c3ccc(N4CCC5(CCCCN5)C4)cc3C2=O)C(=O)N1. The molecule has 1 aromatic carbocycles. The first-order valence-corrected chi connectivity index (χ1v) is 10.3. The van der Waals surface area contributed by atoms with E-state index in [-0.39, 0.29) is 24.3 Å². The Kier molecular flexibility index (Phi) is 4.20. The minimum Gasteiger partial charge on any atom is -0.370 e. The second kappa shape index (κ2) is 6.66. The predicted octanol–water partition coefficient (Wildman–Crippen LogP) is 0.810. The number of imide groups is 2. The summed E-state index contributed by atoms with van der Waals surface area (Å²) in [5.41, 5.74) is 1.75. The average Bonchev–Trinajstić information content (AvgIpc) is 3.22. The van der Waals surface area contributed by atoms with Crippen LogP contribution >= 0.6 is 0 Å². The van der Waals surface area contributed by atoms with Crippen LogP contribution in [0.4, 0.5) is 5.69 Å². The second-order valence-corrected chi connectivity index (χ2v) is 8.51. The molecule has 0 bridgehead atoms. The van der Waals surface area contributed by atoms with Gasteiger partial charge in [0.05, 0.1) is 11.1 Å². The molecule has 4 aliphatic heterocycles. The van der Waals surface area contributed by atoms with E-state index >= 15 is 0 Å². The van der Waals surface area contributed by atoms with Crippen molar-refractivity contribution in [2.24, 2.45) is 0 Å². The number of hydrogen-bond donors (Lipinski definition) is 2. The van der Waals surface area contributed by atoms with Crippen LogP contribution < -0.4 is 15.5 Å². The molecule has 0 aliphatic carbocycles. The lowest BCUT2D eigenvalue weighted by Gasteiger charge is -2.35. The Hall–Kier alpha value is -2.74. The van der Waals surface area contributed by atoms with Gasteiger partial charge in [-0.05, 0) is 50.4 Å². The molecule has 1 aromatic rings. The Morgan fingerprint density at radius 3 is 2.59 bits per heavy atom. The first kappa shape index (κ1) is 18.3. The molecule has 0 saturated carbocycles. The zero-order chi connectivity index (χ0) is 20.2. The molecular weight excluding hydrogens is 372 g/mol. The number of amides is 4. The third-order valence-electron chi connectivity index (χ3n) is 6.72. The van der Waals surface area contributed by atoms with E-state index in [2.05, 4.69) is 15.5 Å². The van der Waals surface area contributed by atoms with Crippen molar-refractivity contribution in [3.8, 4) is 0 Å². The van der Waals surface area contributed by atoms with Crippen molar-refractivity contribution in [3.63, 3.8) is 0 Å². The Bertz CT molecular complexity index is 921. The monoisotopic (exact) mass is 396 g/mol. The number of nitrogens with zero attached hydrogens (tertiary/aromatic N) is 2. The van der Waals surface area contributed by atoms with Gasteiger partial charge in [0.15, 0.2) is 0 Å². The van der Waals surface area contributed by atoms with Crippen molar-refractivity contribution >= 4 is 29.3 Å². The predicted molar refractivity (Wildman–Crippen MR) is 105 cm³/mol. The molecule has 0 radical (unpaired) electrons. The van der Waals surface area contributed by atoms with Gasteiger partial charge in [-0.2, -0.15) is 0 Å². The smallest absolute Gasteiger partial charge is 0.262 e. The van der Waals surface area contributed by atoms with E-state index in [1.54, 1.807) is 12.1 Å². The van der Waals surface area contributed by atoms with Crippen molar-refractivity contribution in [2.45, 2.75) is 50.1 Å². The van der Waals surface area contributed by atoms with Crippen molar-refractivity contribution in [3.05, 3.63) is 29.3 Å². The third-order valence-corrected chi connectivity index (χ3v) is 6.72. The quantitative estimate of drug-likeness (QED) is 0.718. The lowest BCUT2D eigenvalue weighted by atomic mass is 9.88. The van der Waals surface area contributed by atoms with Crippen LogP contribution in [0.2, 0.25) is 0 Å². The van der Waals surface area contributed by atoms with Gasteiger partial charge < -0.3 is 10.2 Å². The summed E-state index contributed by atoms with van der Waals surface area (Å²) in [4.78, 5) is 52.7. The maximum absolute atomic E-state index is 13.0. The molecule has 3 saturated heterocycles. The van der Waals surface area contributed by atoms with Gasteiger partial charge in [-0.1, -0.05) is 6.42 Å². The Morgan fingerprint density at radius 1 is 1.00 bits per heavy atom. The Balaban J connectivity index is 1.39. The molecule has 4 aliphatic rings. The number of hydrogen-bond acceptors (Lipinski definition) is 6. The number of piperidine rings is 2. The minimum absolute atomic E-state index is 0.123. The van der Waals surface area contributed by atoms with Crippen LogP contribution in [0.25, 0.3) is 0 Å². The number of carbonyl (C=O) groups excluding carboxylic acids is 4. The fourth-order valence-corrected chi connectivity index (χ4v) is 5.13. The molecule has 4 heterocycles. The largest absolute Gasteiger partial charge is 0.370 e. The summed E-state index contributed by atoms with van der Waals surface area (Å²) in [6.07, 6.45) is 4.97. The number of fused-ring (bicyclic) bond motifs is 1. The molecule has 2 atom stereocenters. The molecule has 0 aromatic heterocycles. The molecule has 1 spiro atoms. The van der Waals surface area contributed by atoms with E-state index < -0.39 is 23.8 Å². The van der Waals surface area contributed by atoms with Crippen LogP contribution in [0.5, 0.6) is 0 Å². The summed E-state index contributed by atoms with van der Waals surface area (Å²) in [5.74, 6) is -1.87. The fourth-order valence-electron chi connectivity index (χ4n) is 5.13. The highest BCUT2D eigenvalue weighted by molar-refractivity contribution is 6.23. The maximum Gasteiger partial charge on any atom is 0.262 e. The second-order valence-electron chi connectivity index (χ2n) is 8.51. The minimum atomic E-state index is -0.926. The number of carbonyl (C=O) groups is 4. The molecule has 152 valence electrons. The first-order valence-electron chi connectivity index (χ1n) is 10.3. The lowest BCUT2D eigenvalue weighted by Crippen LogP contribution is -2.54. The normalized spacial score (nSPS) is 29.6. The van der Waals surface area contributed by atoms with Crippen LogP contribution in [0.3, 0.4) is 0 Å². The molecule has 4 amide bonds. The molecule has 5 rings (SSSR count). The van der Waals surface area contributed by atoms with Crippen molar-refractivity contribution in [1.82, 2.24) is 15.5 Å². The van der Waals surface area contributed by atoms with Gasteiger partial charge in [0.1, 0.15) is 6.04 Å². The molecule has 29 heavy (non-hydrogen) atoms. The fraction of sp³-hybridized carbons (Fsp3) is 0.524. The van der Waals surface area contributed by atoms with Crippen molar-refractivity contribution < 1.29 is 19.2 Å². The summed E-state index contributed by atoms with van der Waals surface area (Å²) in [6, 6.07) is 4.43. The topological polar surface area (TPSA) is 98.8 Å². The van der Waals surface area contributed by atoms with Crippen LogP contribution in [-0.2, 0) is 9.59 Å². The van der Waals surface area contributed by atoms with E-state index in [1.165, 1.54) is 12.8 Å². The third kappa shape index (κ3) is 2.93. The van der Waals surface area contributed by atoms with Crippen LogP contribution in [0, 0.1) is 0 Å². The van der Waals surface area contributed by atoms with Gasteiger partial charge in [0.2, 0.25) is 11.8 Å². The lowest BCUT2D eigenvalue weighted by molar-refractivity contribution is -0.136. The van der Waals surface area contributed by atoms with Crippen LogP contribution in [0.15, 0.2) is 18.2 Å². The number of rotatable bonds is 2. The molecule has 2 N–H and O–H groups in total. The van der Waals surface area contributed by atoms with Crippen molar-refractivity contribution in [1.29, 1.82) is 0 Å². The van der Waals surface area contributed by atoms with Gasteiger partial charge in [-0.15, -0.1) is 0 Å². The van der Waals surface area contributed by atoms with Gasteiger partial charge in [0, 0.05) is 30.7 Å². The first-order chi connectivity index (χ1) is 14.0. The van der Waals surface area contributed by atoms with E-state index in [0.29, 0.717) is 11.1 Å². The maximum atomic E-state index is 13.0. The molecule has 8 nitrogen and oxygen atoms in total. The highest BCUT2D eigenvalue weighted by Gasteiger charge is 2.45. The average molecular weight is 396 g/mol. The summed E-state index contributed by atoms with van der Waals surface area (Å²) < 4.78 is 0. The highest BCUT2D eigenvalue weighted by atomic mass is 16.2. The Labute approximate surface area is 168 Å². The molecule has 2 unspecified atom stereocenters. The number of anilines is 1. The Morgan fingerprint density at radius 2 is 1.83 bits per heavy atom. The number of nitrogens with one attached hydrogen (secondary N) is 2. The van der Waals surface area contributed by atoms with E-state index in [1.807, 2.05) is 6.07 Å². The van der Waals surface area contributed by atoms with Crippen LogP contribution in [-0.4, -0.2) is 59.7 Å².